The predicted octanol–water partition coefficient (Wildman–Crippen LogP) is 1.93. The third-order valence-electron chi connectivity index (χ3n) is 5.78. The number of carbonyl (C=O) groups is 2. The maximum absolute atomic E-state index is 13.1. The quantitative estimate of drug-likeness (QED) is 0.704. The van der Waals surface area contributed by atoms with Gasteiger partial charge in [-0.15, -0.1) is 0 Å². The molecule has 0 aliphatic carbocycles. The van der Waals surface area contributed by atoms with Crippen molar-refractivity contribution in [3.63, 3.8) is 0 Å². The van der Waals surface area contributed by atoms with Gasteiger partial charge in [0.2, 0.25) is 5.91 Å². The Morgan fingerprint density at radius 1 is 1.10 bits per heavy atom. The Morgan fingerprint density at radius 2 is 1.90 bits per heavy atom. The van der Waals surface area contributed by atoms with Crippen LogP contribution in [-0.4, -0.2) is 89.8 Å². The number of benzene rings is 1. The molecule has 2 amide bonds. The first kappa shape index (κ1) is 20.6. The molecular formula is C20H25Cl2N5O2. The van der Waals surface area contributed by atoms with Crippen LogP contribution in [0.25, 0.3) is 0 Å². The molecule has 1 unspecified atom stereocenters. The zero-order valence-electron chi connectivity index (χ0n) is 16.3. The highest BCUT2D eigenvalue weighted by molar-refractivity contribution is 6.42. The van der Waals surface area contributed by atoms with Crippen molar-refractivity contribution in [1.82, 2.24) is 19.8 Å². The number of carbonyl (C=O) groups excluding carboxylic acids is 2. The molecule has 2 saturated heterocycles. The number of rotatable bonds is 5. The summed E-state index contributed by atoms with van der Waals surface area (Å²) in [7, 11) is 0. The molecule has 156 valence electrons. The lowest BCUT2D eigenvalue weighted by Gasteiger charge is -2.45. The minimum atomic E-state index is -0.126. The molecule has 0 aromatic heterocycles. The van der Waals surface area contributed by atoms with E-state index in [1.807, 2.05) is 16.0 Å². The Labute approximate surface area is 180 Å². The Balaban J connectivity index is 1.45. The molecule has 3 heterocycles. The molecule has 1 atom stereocenters. The van der Waals surface area contributed by atoms with E-state index in [0.717, 1.165) is 25.2 Å². The highest BCUT2D eigenvalue weighted by Crippen LogP contribution is 2.24. The molecule has 3 aliphatic heterocycles. The van der Waals surface area contributed by atoms with Crippen molar-refractivity contribution in [2.45, 2.75) is 25.3 Å². The maximum Gasteiger partial charge on any atom is 0.268 e. The van der Waals surface area contributed by atoms with E-state index < -0.39 is 0 Å². The molecule has 7 nitrogen and oxygen atoms in total. The van der Waals surface area contributed by atoms with Gasteiger partial charge >= 0.3 is 0 Å². The van der Waals surface area contributed by atoms with Gasteiger partial charge in [0.1, 0.15) is 12.9 Å². The summed E-state index contributed by atoms with van der Waals surface area (Å²) in [6, 6.07) is 5.42. The van der Waals surface area contributed by atoms with Gasteiger partial charge in [0.25, 0.3) is 5.91 Å². The maximum atomic E-state index is 13.1. The Kier molecular flexibility index (Phi) is 6.39. The Morgan fingerprint density at radius 3 is 2.59 bits per heavy atom. The number of nitrogens with zero attached hydrogens (tertiary/aromatic N) is 5. The lowest BCUT2D eigenvalue weighted by Crippen LogP contribution is -2.62. The number of hydrogen-bond donors (Lipinski definition) is 0. The lowest BCUT2D eigenvalue weighted by atomic mass is 10.1. The van der Waals surface area contributed by atoms with Crippen molar-refractivity contribution in [2.75, 3.05) is 45.8 Å². The average Bonchev–Trinajstić information content (AvgIpc) is 3.36. The van der Waals surface area contributed by atoms with Crippen LogP contribution in [0.5, 0.6) is 0 Å². The van der Waals surface area contributed by atoms with Crippen molar-refractivity contribution in [3.05, 3.63) is 33.8 Å². The molecule has 0 spiro atoms. The summed E-state index contributed by atoms with van der Waals surface area (Å²) in [4.78, 5) is 32.9. The summed E-state index contributed by atoms with van der Waals surface area (Å²) in [6.45, 7) is 5.29. The van der Waals surface area contributed by atoms with E-state index in [4.69, 9.17) is 23.2 Å². The van der Waals surface area contributed by atoms with E-state index in [-0.39, 0.29) is 24.4 Å². The highest BCUT2D eigenvalue weighted by Gasteiger charge is 2.35. The SMILES string of the molecule is O=C1CN(N2CCN(C(=O)Cc3ccc(Cl)c(Cl)c3)C(CN3CCCC3)C2)C=N1. The van der Waals surface area contributed by atoms with E-state index in [1.165, 1.54) is 12.8 Å². The third-order valence-corrected chi connectivity index (χ3v) is 6.52. The third kappa shape index (κ3) is 4.91. The molecule has 2 fully saturated rings. The number of likely N-dealkylation sites (tertiary alicyclic amines) is 1. The van der Waals surface area contributed by atoms with Gasteiger partial charge in [-0.05, 0) is 43.6 Å². The minimum Gasteiger partial charge on any atom is -0.335 e. The predicted molar refractivity (Wildman–Crippen MR) is 113 cm³/mol. The van der Waals surface area contributed by atoms with Crippen LogP contribution in [0.2, 0.25) is 10.0 Å². The lowest BCUT2D eigenvalue weighted by molar-refractivity contribution is -0.140. The van der Waals surface area contributed by atoms with Gasteiger partial charge in [0, 0.05) is 26.2 Å². The van der Waals surface area contributed by atoms with Crippen LogP contribution in [-0.2, 0) is 16.0 Å². The van der Waals surface area contributed by atoms with Gasteiger partial charge in [0.15, 0.2) is 0 Å². The zero-order valence-corrected chi connectivity index (χ0v) is 17.8. The van der Waals surface area contributed by atoms with Crippen molar-refractivity contribution < 1.29 is 9.59 Å². The Bertz CT molecular complexity index is 812. The fourth-order valence-corrected chi connectivity index (χ4v) is 4.59. The molecule has 29 heavy (non-hydrogen) atoms. The van der Waals surface area contributed by atoms with Gasteiger partial charge in [-0.25, -0.2) is 10.0 Å². The summed E-state index contributed by atoms with van der Waals surface area (Å²) < 4.78 is 0. The summed E-state index contributed by atoms with van der Waals surface area (Å²) >= 11 is 12.1. The van der Waals surface area contributed by atoms with Gasteiger partial charge < -0.3 is 9.80 Å². The number of piperazine rings is 1. The Hall–Kier alpha value is -1.67. The zero-order chi connectivity index (χ0) is 20.4. The van der Waals surface area contributed by atoms with E-state index in [2.05, 4.69) is 14.9 Å². The van der Waals surface area contributed by atoms with E-state index in [1.54, 1.807) is 18.5 Å². The van der Waals surface area contributed by atoms with Crippen LogP contribution in [0, 0.1) is 0 Å². The highest BCUT2D eigenvalue weighted by atomic mass is 35.5. The molecule has 0 N–H and O–H groups in total. The average molecular weight is 438 g/mol. The first-order valence-electron chi connectivity index (χ1n) is 10.0. The molecule has 1 aromatic carbocycles. The van der Waals surface area contributed by atoms with Gasteiger partial charge in [-0.3, -0.25) is 14.6 Å². The standard InChI is InChI=1S/C20H25Cl2N5O2/c21-17-4-3-15(9-18(17)22)10-20(29)27-8-7-25(26-13-19(28)23-14-26)12-16(27)11-24-5-1-2-6-24/h3-4,9,14,16H,1-2,5-8,10-13H2. The second-order valence-corrected chi connectivity index (χ2v) is 8.64. The van der Waals surface area contributed by atoms with Crippen molar-refractivity contribution >= 4 is 41.4 Å². The molecule has 0 bridgehead atoms. The van der Waals surface area contributed by atoms with Gasteiger partial charge in [-0.1, -0.05) is 29.3 Å². The second kappa shape index (κ2) is 9.00. The fraction of sp³-hybridized carbons (Fsp3) is 0.550. The first-order valence-corrected chi connectivity index (χ1v) is 10.8. The largest absolute Gasteiger partial charge is 0.335 e. The van der Waals surface area contributed by atoms with Gasteiger partial charge in [-0.2, -0.15) is 0 Å². The molecule has 4 rings (SSSR count). The summed E-state index contributed by atoms with van der Waals surface area (Å²) in [5.41, 5.74) is 0.865. The molecule has 9 heteroatoms. The summed E-state index contributed by atoms with van der Waals surface area (Å²) in [6.07, 6.45) is 4.32. The van der Waals surface area contributed by atoms with Crippen LogP contribution in [0.3, 0.4) is 0 Å². The minimum absolute atomic E-state index is 0.0706. The normalized spacial score (nSPS) is 23.4. The first-order chi connectivity index (χ1) is 14.0. The van der Waals surface area contributed by atoms with Crippen LogP contribution >= 0.6 is 23.2 Å². The van der Waals surface area contributed by atoms with Crippen LogP contribution in [0.15, 0.2) is 23.2 Å². The smallest absolute Gasteiger partial charge is 0.268 e. The number of hydrogen-bond acceptors (Lipinski definition) is 5. The number of hydrazine groups is 1. The van der Waals surface area contributed by atoms with E-state index in [9.17, 15) is 9.59 Å². The number of aliphatic imine (C=N–C) groups is 1. The van der Waals surface area contributed by atoms with Crippen LogP contribution < -0.4 is 0 Å². The molecular weight excluding hydrogens is 413 g/mol. The van der Waals surface area contributed by atoms with Crippen molar-refractivity contribution in [3.8, 4) is 0 Å². The van der Waals surface area contributed by atoms with Crippen molar-refractivity contribution in [1.29, 1.82) is 0 Å². The monoisotopic (exact) mass is 437 g/mol. The van der Waals surface area contributed by atoms with Gasteiger partial charge in [0.05, 0.1) is 22.5 Å². The molecule has 3 aliphatic rings. The topological polar surface area (TPSA) is 59.5 Å². The second-order valence-electron chi connectivity index (χ2n) is 7.82. The molecule has 0 saturated carbocycles. The molecule has 0 radical (unpaired) electrons. The van der Waals surface area contributed by atoms with Crippen LogP contribution in [0.1, 0.15) is 18.4 Å². The van der Waals surface area contributed by atoms with E-state index in [0.29, 0.717) is 36.1 Å². The van der Waals surface area contributed by atoms with Crippen LogP contribution in [0.4, 0.5) is 0 Å². The molecule has 1 aromatic rings. The van der Waals surface area contributed by atoms with Crippen molar-refractivity contribution in [2.24, 2.45) is 4.99 Å². The summed E-state index contributed by atoms with van der Waals surface area (Å²) in [5, 5.41) is 4.97. The van der Waals surface area contributed by atoms with E-state index >= 15 is 0 Å². The summed E-state index contributed by atoms with van der Waals surface area (Å²) in [5.74, 6) is -0.0300. The number of halogens is 2. The number of amides is 2. The fourth-order valence-electron chi connectivity index (χ4n) is 4.27.